The molecule has 92 valence electrons. The molecule has 1 heterocycles. The van der Waals surface area contributed by atoms with E-state index >= 15 is 0 Å². The van der Waals surface area contributed by atoms with E-state index in [9.17, 15) is 4.79 Å². The average Bonchev–Trinajstić information content (AvgIpc) is 3.10. The number of anilines is 1. The maximum absolute atomic E-state index is 11.8. The minimum Gasteiger partial charge on any atom is -0.481 e. The van der Waals surface area contributed by atoms with E-state index in [1.54, 1.807) is 0 Å². The quantitative estimate of drug-likeness (QED) is 0.837. The SMILES string of the molecule is COc1cc(Cl)nc(NC(=O)C(C)C2CC2)n1. The zero-order chi connectivity index (χ0) is 12.4. The largest absolute Gasteiger partial charge is 0.481 e. The fourth-order valence-electron chi connectivity index (χ4n) is 1.59. The van der Waals surface area contributed by atoms with Crippen LogP contribution >= 0.6 is 11.6 Å². The lowest BCUT2D eigenvalue weighted by Gasteiger charge is -2.10. The fourth-order valence-corrected chi connectivity index (χ4v) is 1.77. The summed E-state index contributed by atoms with van der Waals surface area (Å²) in [5.74, 6) is 0.933. The normalized spacial score (nSPS) is 16.4. The Labute approximate surface area is 105 Å². The Kier molecular flexibility index (Phi) is 3.47. The van der Waals surface area contributed by atoms with Crippen molar-refractivity contribution in [2.24, 2.45) is 11.8 Å². The molecule has 0 bridgehead atoms. The van der Waals surface area contributed by atoms with Crippen LogP contribution in [-0.2, 0) is 4.79 Å². The first-order valence-electron chi connectivity index (χ1n) is 5.49. The highest BCUT2D eigenvalue weighted by molar-refractivity contribution is 6.29. The molecule has 5 nitrogen and oxygen atoms in total. The molecule has 1 aromatic rings. The molecule has 1 aromatic heterocycles. The summed E-state index contributed by atoms with van der Waals surface area (Å²) in [5.41, 5.74) is 0. The van der Waals surface area contributed by atoms with E-state index in [0.29, 0.717) is 11.8 Å². The van der Waals surface area contributed by atoms with Gasteiger partial charge in [0.25, 0.3) is 0 Å². The Hall–Kier alpha value is -1.36. The van der Waals surface area contributed by atoms with Crippen molar-refractivity contribution in [1.82, 2.24) is 9.97 Å². The number of carbonyl (C=O) groups is 1. The van der Waals surface area contributed by atoms with Gasteiger partial charge in [0.2, 0.25) is 17.7 Å². The number of halogens is 1. The molecule has 1 saturated carbocycles. The van der Waals surface area contributed by atoms with Gasteiger partial charge in [0.1, 0.15) is 5.15 Å². The molecular formula is C11H14ClN3O2. The van der Waals surface area contributed by atoms with Crippen molar-refractivity contribution >= 4 is 23.5 Å². The fraction of sp³-hybridized carbons (Fsp3) is 0.545. The molecule has 0 spiro atoms. The summed E-state index contributed by atoms with van der Waals surface area (Å²) in [7, 11) is 1.48. The van der Waals surface area contributed by atoms with Crippen molar-refractivity contribution in [3.8, 4) is 5.88 Å². The van der Waals surface area contributed by atoms with Crippen LogP contribution in [0.3, 0.4) is 0 Å². The van der Waals surface area contributed by atoms with Crippen LogP contribution in [0.15, 0.2) is 6.07 Å². The first-order valence-corrected chi connectivity index (χ1v) is 5.87. The van der Waals surface area contributed by atoms with Gasteiger partial charge in [-0.3, -0.25) is 10.1 Å². The van der Waals surface area contributed by atoms with Gasteiger partial charge in [-0.1, -0.05) is 18.5 Å². The predicted octanol–water partition coefficient (Wildman–Crippen LogP) is 2.12. The number of nitrogens with zero attached hydrogens (tertiary/aromatic N) is 2. The Morgan fingerprint density at radius 2 is 2.29 bits per heavy atom. The van der Waals surface area contributed by atoms with Gasteiger partial charge in [-0.15, -0.1) is 0 Å². The lowest BCUT2D eigenvalue weighted by molar-refractivity contribution is -0.120. The lowest BCUT2D eigenvalue weighted by atomic mass is 10.1. The van der Waals surface area contributed by atoms with Crippen molar-refractivity contribution in [2.75, 3.05) is 12.4 Å². The van der Waals surface area contributed by atoms with Gasteiger partial charge in [0, 0.05) is 12.0 Å². The van der Waals surface area contributed by atoms with Crippen LogP contribution in [0.5, 0.6) is 5.88 Å². The van der Waals surface area contributed by atoms with Gasteiger partial charge in [-0.25, -0.2) is 4.98 Å². The van der Waals surface area contributed by atoms with Crippen LogP contribution in [0.2, 0.25) is 5.15 Å². The molecule has 1 N–H and O–H groups in total. The molecule has 17 heavy (non-hydrogen) atoms. The zero-order valence-corrected chi connectivity index (χ0v) is 10.5. The van der Waals surface area contributed by atoms with Crippen molar-refractivity contribution in [2.45, 2.75) is 19.8 Å². The number of methoxy groups -OCH3 is 1. The number of rotatable bonds is 4. The van der Waals surface area contributed by atoms with E-state index in [-0.39, 0.29) is 22.9 Å². The number of ether oxygens (including phenoxy) is 1. The molecule has 1 aliphatic carbocycles. The highest BCUT2D eigenvalue weighted by Crippen LogP contribution is 2.36. The molecule has 1 atom stereocenters. The Bertz CT molecular complexity index is 435. The molecule has 1 unspecified atom stereocenters. The highest BCUT2D eigenvalue weighted by atomic mass is 35.5. The smallest absolute Gasteiger partial charge is 0.234 e. The van der Waals surface area contributed by atoms with Crippen LogP contribution in [0, 0.1) is 11.8 Å². The summed E-state index contributed by atoms with van der Waals surface area (Å²) >= 11 is 5.78. The van der Waals surface area contributed by atoms with Gasteiger partial charge in [0.05, 0.1) is 7.11 Å². The van der Waals surface area contributed by atoms with Gasteiger partial charge in [-0.05, 0) is 18.8 Å². The van der Waals surface area contributed by atoms with E-state index in [1.165, 1.54) is 13.2 Å². The molecule has 1 aliphatic rings. The van der Waals surface area contributed by atoms with E-state index in [4.69, 9.17) is 16.3 Å². The molecule has 0 saturated heterocycles. The zero-order valence-electron chi connectivity index (χ0n) is 9.74. The van der Waals surface area contributed by atoms with Crippen molar-refractivity contribution in [1.29, 1.82) is 0 Å². The third-order valence-corrected chi connectivity index (χ3v) is 3.05. The van der Waals surface area contributed by atoms with Crippen LogP contribution in [0.1, 0.15) is 19.8 Å². The van der Waals surface area contributed by atoms with E-state index in [2.05, 4.69) is 15.3 Å². The standard InChI is InChI=1S/C11H14ClN3O2/c1-6(7-3-4-7)10(16)15-11-13-8(12)5-9(14-11)17-2/h5-7H,3-4H2,1-2H3,(H,13,14,15,16). The lowest BCUT2D eigenvalue weighted by Crippen LogP contribution is -2.23. The van der Waals surface area contributed by atoms with Crippen LogP contribution < -0.4 is 10.1 Å². The van der Waals surface area contributed by atoms with Crippen molar-refractivity contribution < 1.29 is 9.53 Å². The molecule has 1 amide bonds. The minimum absolute atomic E-state index is 0.0106. The Morgan fingerprint density at radius 3 is 2.88 bits per heavy atom. The predicted molar refractivity (Wildman–Crippen MR) is 64.1 cm³/mol. The topological polar surface area (TPSA) is 64.1 Å². The van der Waals surface area contributed by atoms with E-state index in [0.717, 1.165) is 12.8 Å². The molecule has 1 fully saturated rings. The van der Waals surface area contributed by atoms with Crippen LogP contribution in [-0.4, -0.2) is 23.0 Å². The molecular weight excluding hydrogens is 242 g/mol. The summed E-state index contributed by atoms with van der Waals surface area (Å²) in [6.45, 7) is 1.91. The summed E-state index contributed by atoms with van der Waals surface area (Å²) in [6, 6.07) is 1.49. The molecule has 0 aromatic carbocycles. The molecule has 0 aliphatic heterocycles. The highest BCUT2D eigenvalue weighted by Gasteiger charge is 2.32. The van der Waals surface area contributed by atoms with Gasteiger partial charge in [-0.2, -0.15) is 4.98 Å². The maximum atomic E-state index is 11.8. The average molecular weight is 256 g/mol. The number of hydrogen-bond donors (Lipinski definition) is 1. The second-order valence-corrected chi connectivity index (χ2v) is 4.56. The molecule has 2 rings (SSSR count). The maximum Gasteiger partial charge on any atom is 0.234 e. The van der Waals surface area contributed by atoms with Crippen LogP contribution in [0.4, 0.5) is 5.95 Å². The minimum atomic E-state index is -0.0724. The number of hydrogen-bond acceptors (Lipinski definition) is 4. The van der Waals surface area contributed by atoms with E-state index in [1.807, 2.05) is 6.92 Å². The van der Waals surface area contributed by atoms with Gasteiger partial charge >= 0.3 is 0 Å². The molecule has 6 heteroatoms. The third-order valence-electron chi connectivity index (χ3n) is 2.86. The third kappa shape index (κ3) is 3.06. The van der Waals surface area contributed by atoms with Crippen molar-refractivity contribution in [3.63, 3.8) is 0 Å². The summed E-state index contributed by atoms with van der Waals surface area (Å²) < 4.78 is 4.95. The summed E-state index contributed by atoms with van der Waals surface area (Å²) in [4.78, 5) is 19.8. The number of aromatic nitrogens is 2. The van der Waals surface area contributed by atoms with E-state index < -0.39 is 0 Å². The number of nitrogens with one attached hydrogen (secondary N) is 1. The molecule has 0 radical (unpaired) electrons. The van der Waals surface area contributed by atoms with Gasteiger partial charge < -0.3 is 4.74 Å². The van der Waals surface area contributed by atoms with Gasteiger partial charge in [0.15, 0.2) is 0 Å². The second kappa shape index (κ2) is 4.87. The number of carbonyl (C=O) groups excluding carboxylic acids is 1. The first-order chi connectivity index (χ1) is 8.10. The Balaban J connectivity index is 2.06. The Morgan fingerprint density at radius 1 is 1.59 bits per heavy atom. The second-order valence-electron chi connectivity index (χ2n) is 4.17. The van der Waals surface area contributed by atoms with Crippen LogP contribution in [0.25, 0.3) is 0 Å². The number of amides is 1. The first kappa shape index (κ1) is 12.1. The van der Waals surface area contributed by atoms with Crippen molar-refractivity contribution in [3.05, 3.63) is 11.2 Å². The summed E-state index contributed by atoms with van der Waals surface area (Å²) in [6.07, 6.45) is 2.24. The summed E-state index contributed by atoms with van der Waals surface area (Å²) in [5, 5.41) is 2.89. The monoisotopic (exact) mass is 255 g/mol.